The van der Waals surface area contributed by atoms with Crippen molar-refractivity contribution >= 4 is 11.7 Å². The highest BCUT2D eigenvalue weighted by molar-refractivity contribution is 5.91. The standard InChI is InChI=1S/C16H35N5O/c1-6-21(5,7-2)13-12-19-15(22)16(4,20-14(3)18)10-8-9-11-17/h6-13,17H2,1-5H3,(H2-,18,19,20,22)/p+1. The molecular weight excluding hydrogens is 278 g/mol. The van der Waals surface area contributed by atoms with Gasteiger partial charge in [-0.25, -0.2) is 0 Å². The molecule has 130 valence electrons. The maximum absolute atomic E-state index is 12.5. The summed E-state index contributed by atoms with van der Waals surface area (Å²) in [5, 5.41) is 13.7. The number of quaternary nitrogens is 1. The number of rotatable bonds is 11. The van der Waals surface area contributed by atoms with Crippen molar-refractivity contribution in [1.29, 1.82) is 5.41 Å². The van der Waals surface area contributed by atoms with E-state index in [-0.39, 0.29) is 5.91 Å². The molecule has 1 atom stereocenters. The second-order valence-corrected chi connectivity index (χ2v) is 6.56. The third-order valence-corrected chi connectivity index (χ3v) is 4.56. The fourth-order valence-electron chi connectivity index (χ4n) is 2.44. The van der Waals surface area contributed by atoms with Gasteiger partial charge in [0.1, 0.15) is 5.54 Å². The van der Waals surface area contributed by atoms with Gasteiger partial charge in [-0.2, -0.15) is 0 Å². The third kappa shape index (κ3) is 7.22. The van der Waals surface area contributed by atoms with Crippen LogP contribution < -0.4 is 16.4 Å². The Bertz CT molecular complexity index is 354. The molecule has 0 aliphatic rings. The van der Waals surface area contributed by atoms with E-state index in [1.54, 1.807) is 6.92 Å². The van der Waals surface area contributed by atoms with Gasteiger partial charge in [0.15, 0.2) is 0 Å². The minimum Gasteiger partial charge on any atom is -0.360 e. The monoisotopic (exact) mass is 314 g/mol. The maximum atomic E-state index is 12.5. The van der Waals surface area contributed by atoms with Crippen molar-refractivity contribution < 1.29 is 9.28 Å². The Balaban J connectivity index is 4.59. The Morgan fingerprint density at radius 1 is 1.27 bits per heavy atom. The van der Waals surface area contributed by atoms with Gasteiger partial charge < -0.3 is 20.9 Å². The molecule has 22 heavy (non-hydrogen) atoms. The second kappa shape index (κ2) is 9.79. The summed E-state index contributed by atoms with van der Waals surface area (Å²) < 4.78 is 0.946. The van der Waals surface area contributed by atoms with E-state index in [1.165, 1.54) is 0 Å². The lowest BCUT2D eigenvalue weighted by Crippen LogP contribution is -2.58. The van der Waals surface area contributed by atoms with Crippen LogP contribution in [0.2, 0.25) is 0 Å². The number of nitrogens with zero attached hydrogens (tertiary/aromatic N) is 1. The first-order valence-corrected chi connectivity index (χ1v) is 8.38. The number of carbonyl (C=O) groups is 1. The van der Waals surface area contributed by atoms with Crippen LogP contribution in [0.15, 0.2) is 0 Å². The van der Waals surface area contributed by atoms with E-state index < -0.39 is 5.54 Å². The summed E-state index contributed by atoms with van der Waals surface area (Å²) >= 11 is 0. The summed E-state index contributed by atoms with van der Waals surface area (Å²) in [5.41, 5.74) is 4.80. The van der Waals surface area contributed by atoms with Crippen molar-refractivity contribution in [3.63, 3.8) is 0 Å². The predicted molar refractivity (Wildman–Crippen MR) is 93.0 cm³/mol. The van der Waals surface area contributed by atoms with E-state index in [1.807, 2.05) is 6.92 Å². The van der Waals surface area contributed by atoms with Crippen molar-refractivity contribution in [3.05, 3.63) is 0 Å². The smallest absolute Gasteiger partial charge is 0.245 e. The van der Waals surface area contributed by atoms with Crippen molar-refractivity contribution in [1.82, 2.24) is 10.6 Å². The van der Waals surface area contributed by atoms with Crippen molar-refractivity contribution in [2.24, 2.45) is 5.73 Å². The van der Waals surface area contributed by atoms with Crippen LogP contribution in [0.1, 0.15) is 47.0 Å². The van der Waals surface area contributed by atoms with Crippen LogP contribution in [-0.4, -0.2) is 61.5 Å². The van der Waals surface area contributed by atoms with Crippen LogP contribution in [0, 0.1) is 5.41 Å². The summed E-state index contributed by atoms with van der Waals surface area (Å²) in [6, 6.07) is 0. The molecule has 0 saturated carbocycles. The highest BCUT2D eigenvalue weighted by atomic mass is 16.2. The number of nitrogens with two attached hydrogens (primary N) is 1. The van der Waals surface area contributed by atoms with E-state index in [9.17, 15) is 4.79 Å². The Morgan fingerprint density at radius 2 is 1.86 bits per heavy atom. The molecule has 0 rings (SSSR count). The van der Waals surface area contributed by atoms with Gasteiger partial charge in [-0.05, 0) is 53.5 Å². The summed E-state index contributed by atoms with van der Waals surface area (Å²) in [6.45, 7) is 12.2. The Kier molecular flexibility index (Phi) is 9.28. The third-order valence-electron chi connectivity index (χ3n) is 4.56. The van der Waals surface area contributed by atoms with Gasteiger partial charge in [0, 0.05) is 0 Å². The maximum Gasteiger partial charge on any atom is 0.245 e. The van der Waals surface area contributed by atoms with Crippen molar-refractivity contribution in [3.8, 4) is 0 Å². The number of hydrogen-bond donors (Lipinski definition) is 4. The zero-order valence-electron chi connectivity index (χ0n) is 15.1. The van der Waals surface area contributed by atoms with Gasteiger partial charge in [0.05, 0.1) is 39.1 Å². The molecular formula is C16H36N5O+. The van der Waals surface area contributed by atoms with Gasteiger partial charge >= 0.3 is 0 Å². The van der Waals surface area contributed by atoms with Crippen molar-refractivity contribution in [2.45, 2.75) is 52.5 Å². The topological polar surface area (TPSA) is 91.0 Å². The lowest BCUT2D eigenvalue weighted by molar-refractivity contribution is -0.904. The molecule has 0 saturated heterocycles. The lowest BCUT2D eigenvalue weighted by atomic mass is 9.93. The number of carbonyl (C=O) groups excluding carboxylic acids is 1. The van der Waals surface area contributed by atoms with Gasteiger partial charge in [-0.3, -0.25) is 10.2 Å². The number of amidine groups is 1. The molecule has 1 amide bonds. The van der Waals surface area contributed by atoms with E-state index >= 15 is 0 Å². The van der Waals surface area contributed by atoms with Gasteiger partial charge in [-0.1, -0.05) is 0 Å². The van der Waals surface area contributed by atoms with E-state index in [0.29, 0.717) is 25.3 Å². The second-order valence-electron chi connectivity index (χ2n) is 6.56. The van der Waals surface area contributed by atoms with E-state index in [0.717, 1.165) is 37.0 Å². The van der Waals surface area contributed by atoms with E-state index in [4.69, 9.17) is 11.1 Å². The first-order chi connectivity index (χ1) is 10.2. The van der Waals surface area contributed by atoms with Crippen molar-refractivity contribution in [2.75, 3.05) is 39.8 Å². The molecule has 0 aliphatic heterocycles. The first kappa shape index (κ1) is 20.9. The molecule has 0 aromatic rings. The minimum atomic E-state index is -0.733. The molecule has 6 nitrogen and oxygen atoms in total. The summed E-state index contributed by atoms with van der Waals surface area (Å²) in [6.07, 6.45) is 2.44. The number of hydrogen-bond acceptors (Lipinski definition) is 3. The normalized spacial score (nSPS) is 14.3. The van der Waals surface area contributed by atoms with Gasteiger partial charge in [0.25, 0.3) is 0 Å². The number of amides is 1. The number of unbranched alkanes of at least 4 members (excludes halogenated alkanes) is 1. The molecule has 6 heteroatoms. The molecule has 0 bridgehead atoms. The average molecular weight is 314 g/mol. The van der Waals surface area contributed by atoms with Gasteiger partial charge in [-0.15, -0.1) is 0 Å². The molecule has 0 heterocycles. The zero-order valence-corrected chi connectivity index (χ0v) is 15.1. The minimum absolute atomic E-state index is 0.0325. The highest BCUT2D eigenvalue weighted by Crippen LogP contribution is 2.14. The summed E-state index contributed by atoms with van der Waals surface area (Å²) in [7, 11) is 2.20. The molecule has 0 radical (unpaired) electrons. The van der Waals surface area contributed by atoms with Crippen LogP contribution in [0.25, 0.3) is 0 Å². The molecule has 5 N–H and O–H groups in total. The molecule has 0 spiro atoms. The zero-order chi connectivity index (χ0) is 17.2. The van der Waals surface area contributed by atoms with E-state index in [2.05, 4.69) is 31.5 Å². The predicted octanol–water partition coefficient (Wildman–Crippen LogP) is 1.06. The Labute approximate surface area is 135 Å². The quantitative estimate of drug-likeness (QED) is 0.199. The summed E-state index contributed by atoms with van der Waals surface area (Å²) in [5.74, 6) is 0.281. The van der Waals surface area contributed by atoms with Crippen LogP contribution in [0.5, 0.6) is 0 Å². The SMILES string of the molecule is CC[N+](C)(CC)CCNC(=O)C(C)(CCCCN)NC(C)=N. The van der Waals surface area contributed by atoms with Crippen LogP contribution in [-0.2, 0) is 4.79 Å². The highest BCUT2D eigenvalue weighted by Gasteiger charge is 2.32. The average Bonchev–Trinajstić information content (AvgIpc) is 2.46. The van der Waals surface area contributed by atoms with Crippen LogP contribution in [0.4, 0.5) is 0 Å². The molecule has 0 aromatic heterocycles. The Morgan fingerprint density at radius 3 is 2.32 bits per heavy atom. The van der Waals surface area contributed by atoms with Crippen LogP contribution in [0.3, 0.4) is 0 Å². The van der Waals surface area contributed by atoms with Gasteiger partial charge in [0.2, 0.25) is 5.91 Å². The fraction of sp³-hybridized carbons (Fsp3) is 0.875. The molecule has 0 aliphatic carbocycles. The van der Waals surface area contributed by atoms with Crippen LogP contribution >= 0.6 is 0 Å². The lowest BCUT2D eigenvalue weighted by Gasteiger charge is -2.34. The molecule has 0 fully saturated rings. The first-order valence-electron chi connectivity index (χ1n) is 8.38. The summed E-state index contributed by atoms with van der Waals surface area (Å²) in [4.78, 5) is 12.5. The number of nitrogens with one attached hydrogen (secondary N) is 3. The largest absolute Gasteiger partial charge is 0.360 e. The molecule has 1 unspecified atom stereocenters. The Hall–Kier alpha value is -1.14. The molecule has 0 aromatic carbocycles. The number of likely N-dealkylation sites (N-methyl/N-ethyl adjacent to an activating group) is 1. The fourth-order valence-corrected chi connectivity index (χ4v) is 2.44.